The van der Waals surface area contributed by atoms with Gasteiger partial charge in [0.15, 0.2) is 0 Å². The lowest BCUT2D eigenvalue weighted by atomic mass is 9.96. The number of nitrogens with one attached hydrogen (secondary N) is 3. The minimum atomic E-state index is -0.366. The summed E-state index contributed by atoms with van der Waals surface area (Å²) < 4.78 is 0. The van der Waals surface area contributed by atoms with Gasteiger partial charge in [0.1, 0.15) is 0 Å². The predicted octanol–water partition coefficient (Wildman–Crippen LogP) is 0.655. The number of rotatable bonds is 8. The summed E-state index contributed by atoms with van der Waals surface area (Å²) in [5.41, 5.74) is -0.366. The van der Waals surface area contributed by atoms with E-state index in [1.165, 1.54) is 0 Å². The fourth-order valence-electron chi connectivity index (χ4n) is 1.30. The Morgan fingerprint density at radius 3 is 2.11 bits per heavy atom. The smallest absolute Gasteiger partial charge is 0.225 e. The Morgan fingerprint density at radius 1 is 0.944 bits per heavy atom. The van der Waals surface area contributed by atoms with E-state index in [0.717, 1.165) is 13.0 Å². The lowest BCUT2D eigenvalue weighted by Crippen LogP contribution is -2.35. The van der Waals surface area contributed by atoms with Crippen LogP contribution in [0.4, 0.5) is 0 Å². The van der Waals surface area contributed by atoms with Crippen LogP contribution in [0.5, 0.6) is 0 Å². The minimum absolute atomic E-state index is 0.0249. The van der Waals surface area contributed by atoms with Crippen LogP contribution in [0, 0.1) is 5.41 Å². The number of hydrogen-bond acceptors (Lipinski definition) is 3. The van der Waals surface area contributed by atoms with Crippen LogP contribution in [-0.4, -0.2) is 38.5 Å². The maximum atomic E-state index is 11.5. The monoisotopic (exact) mass is 257 g/mol. The minimum Gasteiger partial charge on any atom is -0.356 e. The Morgan fingerprint density at radius 2 is 1.56 bits per heavy atom. The molecule has 0 aliphatic carbocycles. The molecule has 0 spiro atoms. The summed E-state index contributed by atoms with van der Waals surface area (Å²) in [5.74, 6) is 0.0769. The van der Waals surface area contributed by atoms with Gasteiger partial charge in [-0.3, -0.25) is 9.59 Å². The summed E-state index contributed by atoms with van der Waals surface area (Å²) in [6.45, 7) is 7.78. The normalized spacial score (nSPS) is 11.1. The summed E-state index contributed by atoms with van der Waals surface area (Å²) in [7, 11) is 1.89. The van der Waals surface area contributed by atoms with E-state index in [9.17, 15) is 9.59 Å². The fourth-order valence-corrected chi connectivity index (χ4v) is 1.30. The lowest BCUT2D eigenvalue weighted by molar-refractivity contribution is -0.128. The molecule has 0 saturated heterocycles. The average Bonchev–Trinajstić information content (AvgIpc) is 2.28. The van der Waals surface area contributed by atoms with Crippen LogP contribution in [0.3, 0.4) is 0 Å². The summed E-state index contributed by atoms with van der Waals surface area (Å²) in [4.78, 5) is 22.9. The van der Waals surface area contributed by atoms with E-state index in [4.69, 9.17) is 0 Å². The van der Waals surface area contributed by atoms with Gasteiger partial charge in [0.25, 0.3) is 0 Å². The quantitative estimate of drug-likeness (QED) is 0.559. The van der Waals surface area contributed by atoms with Gasteiger partial charge in [-0.1, -0.05) is 20.8 Å². The molecule has 3 N–H and O–H groups in total. The summed E-state index contributed by atoms with van der Waals surface area (Å²) in [5, 5.41) is 8.69. The van der Waals surface area contributed by atoms with E-state index in [1.54, 1.807) is 0 Å². The lowest BCUT2D eigenvalue weighted by Gasteiger charge is -2.17. The van der Waals surface area contributed by atoms with Gasteiger partial charge in [0.2, 0.25) is 11.8 Å². The summed E-state index contributed by atoms with van der Waals surface area (Å²) in [6.07, 6.45) is 2.08. The van der Waals surface area contributed by atoms with Gasteiger partial charge in [0, 0.05) is 24.9 Å². The third-order valence-corrected chi connectivity index (χ3v) is 2.47. The van der Waals surface area contributed by atoms with Gasteiger partial charge >= 0.3 is 0 Å². The van der Waals surface area contributed by atoms with E-state index in [1.807, 2.05) is 27.8 Å². The second kappa shape index (κ2) is 8.91. The van der Waals surface area contributed by atoms with Gasteiger partial charge < -0.3 is 16.0 Å². The first-order chi connectivity index (χ1) is 8.38. The predicted molar refractivity (Wildman–Crippen MR) is 73.3 cm³/mol. The molecule has 106 valence electrons. The molecule has 0 saturated carbocycles. The second-order valence-corrected chi connectivity index (χ2v) is 5.42. The third kappa shape index (κ3) is 8.98. The van der Waals surface area contributed by atoms with Gasteiger partial charge in [0.05, 0.1) is 0 Å². The highest BCUT2D eigenvalue weighted by Gasteiger charge is 2.20. The van der Waals surface area contributed by atoms with E-state index in [-0.39, 0.29) is 17.2 Å². The molecule has 0 bridgehead atoms. The maximum Gasteiger partial charge on any atom is 0.225 e. The molecule has 0 rings (SSSR count). The number of hydrogen-bond donors (Lipinski definition) is 3. The van der Waals surface area contributed by atoms with Crippen molar-refractivity contribution in [1.29, 1.82) is 0 Å². The Kier molecular flexibility index (Phi) is 8.37. The van der Waals surface area contributed by atoms with Crippen LogP contribution in [-0.2, 0) is 9.59 Å². The molecular formula is C13H27N3O2. The molecular weight excluding hydrogens is 230 g/mol. The summed E-state index contributed by atoms with van der Waals surface area (Å²) in [6, 6.07) is 0. The van der Waals surface area contributed by atoms with E-state index >= 15 is 0 Å². The number of carbonyl (C=O) groups is 2. The van der Waals surface area contributed by atoms with E-state index < -0.39 is 0 Å². The molecule has 5 nitrogen and oxygen atoms in total. The van der Waals surface area contributed by atoms with Crippen LogP contribution in [0.25, 0.3) is 0 Å². The highest BCUT2D eigenvalue weighted by Crippen LogP contribution is 2.12. The molecule has 0 heterocycles. The van der Waals surface area contributed by atoms with Gasteiger partial charge in [-0.05, 0) is 26.4 Å². The Hall–Kier alpha value is -1.10. The molecule has 0 aromatic rings. The van der Waals surface area contributed by atoms with Gasteiger partial charge in [-0.15, -0.1) is 0 Å². The van der Waals surface area contributed by atoms with Crippen molar-refractivity contribution in [3.05, 3.63) is 0 Å². The maximum absolute atomic E-state index is 11.5. The molecule has 0 atom stereocenters. The van der Waals surface area contributed by atoms with Crippen molar-refractivity contribution in [2.75, 3.05) is 26.7 Å². The van der Waals surface area contributed by atoms with Crippen LogP contribution in [0.15, 0.2) is 0 Å². The van der Waals surface area contributed by atoms with Crippen LogP contribution in [0.2, 0.25) is 0 Å². The van der Waals surface area contributed by atoms with Gasteiger partial charge in [-0.2, -0.15) is 0 Å². The summed E-state index contributed by atoms with van der Waals surface area (Å²) >= 11 is 0. The van der Waals surface area contributed by atoms with Crippen molar-refractivity contribution in [2.24, 2.45) is 5.41 Å². The first-order valence-electron chi connectivity index (χ1n) is 6.57. The molecule has 0 unspecified atom stereocenters. The number of carbonyl (C=O) groups excluding carboxylic acids is 2. The average molecular weight is 257 g/mol. The van der Waals surface area contributed by atoms with Crippen molar-refractivity contribution < 1.29 is 9.59 Å². The van der Waals surface area contributed by atoms with Crippen LogP contribution >= 0.6 is 0 Å². The zero-order valence-corrected chi connectivity index (χ0v) is 12.1. The third-order valence-electron chi connectivity index (χ3n) is 2.47. The Bertz CT molecular complexity index is 259. The van der Waals surface area contributed by atoms with Crippen molar-refractivity contribution in [2.45, 2.75) is 40.0 Å². The molecule has 2 amide bonds. The first-order valence-corrected chi connectivity index (χ1v) is 6.57. The second-order valence-electron chi connectivity index (χ2n) is 5.42. The largest absolute Gasteiger partial charge is 0.356 e. The zero-order chi connectivity index (χ0) is 14.0. The molecule has 0 aromatic carbocycles. The molecule has 0 aliphatic rings. The first kappa shape index (κ1) is 16.9. The SMILES string of the molecule is CNCCCNC(=O)CCCNC(=O)C(C)(C)C. The number of amides is 2. The Labute approximate surface area is 110 Å². The van der Waals surface area contributed by atoms with E-state index in [0.29, 0.717) is 25.9 Å². The molecule has 0 aliphatic heterocycles. The standard InChI is InChI=1S/C13H27N3O2/c1-13(2,3)12(18)16-9-5-7-11(17)15-10-6-8-14-4/h14H,5-10H2,1-4H3,(H,15,17)(H,16,18). The van der Waals surface area contributed by atoms with Crippen molar-refractivity contribution in [1.82, 2.24) is 16.0 Å². The van der Waals surface area contributed by atoms with Gasteiger partial charge in [-0.25, -0.2) is 0 Å². The van der Waals surface area contributed by atoms with Crippen LogP contribution in [0.1, 0.15) is 40.0 Å². The van der Waals surface area contributed by atoms with Crippen molar-refractivity contribution >= 4 is 11.8 Å². The van der Waals surface area contributed by atoms with Crippen molar-refractivity contribution in [3.63, 3.8) is 0 Å². The molecule has 5 heteroatoms. The topological polar surface area (TPSA) is 70.2 Å². The molecule has 0 fully saturated rings. The van der Waals surface area contributed by atoms with Crippen molar-refractivity contribution in [3.8, 4) is 0 Å². The highest BCUT2D eigenvalue weighted by molar-refractivity contribution is 5.81. The fraction of sp³-hybridized carbons (Fsp3) is 0.846. The van der Waals surface area contributed by atoms with E-state index in [2.05, 4.69) is 16.0 Å². The highest BCUT2D eigenvalue weighted by atomic mass is 16.2. The molecule has 0 radical (unpaired) electrons. The van der Waals surface area contributed by atoms with Crippen LogP contribution < -0.4 is 16.0 Å². The molecule has 0 aromatic heterocycles. The zero-order valence-electron chi connectivity index (χ0n) is 12.1. The Balaban J connectivity index is 3.49. The molecule has 18 heavy (non-hydrogen) atoms.